The molecule has 4 nitrogen and oxygen atoms in total. The number of benzene rings is 4. The molecule has 0 heterocycles. The molecular weight excluding hydrogens is 480 g/mol. The fraction of sp³-hybridized carbons (Fsp3) is 0.257. The van der Waals surface area contributed by atoms with E-state index >= 15 is 0 Å². The van der Waals surface area contributed by atoms with Gasteiger partial charge < -0.3 is 10.2 Å². The number of amides is 2. The highest BCUT2D eigenvalue weighted by Crippen LogP contribution is 2.30. The number of carbonyl (C=O) groups excluding carboxylic acids is 2. The lowest BCUT2D eigenvalue weighted by atomic mass is 9.87. The van der Waals surface area contributed by atoms with Crippen molar-refractivity contribution >= 4 is 11.8 Å². The highest BCUT2D eigenvalue weighted by atomic mass is 16.2. The zero-order valence-corrected chi connectivity index (χ0v) is 22.9. The van der Waals surface area contributed by atoms with Crippen LogP contribution in [0.25, 0.3) is 0 Å². The molecule has 4 aromatic rings. The monoisotopic (exact) mass is 518 g/mol. The zero-order chi connectivity index (χ0) is 27.5. The maximum Gasteiger partial charge on any atom is 0.243 e. The highest BCUT2D eigenvalue weighted by Gasteiger charge is 2.32. The van der Waals surface area contributed by atoms with Crippen molar-refractivity contribution in [2.24, 2.45) is 0 Å². The molecule has 0 aliphatic rings. The predicted octanol–water partition coefficient (Wildman–Crippen LogP) is 6.76. The van der Waals surface area contributed by atoms with Gasteiger partial charge in [-0.25, -0.2) is 0 Å². The summed E-state index contributed by atoms with van der Waals surface area (Å²) in [6, 6.07) is 39.6. The molecule has 200 valence electrons. The molecule has 0 bridgehead atoms. The molecule has 0 aliphatic carbocycles. The van der Waals surface area contributed by atoms with E-state index in [1.165, 1.54) is 0 Å². The molecule has 4 heteroatoms. The summed E-state index contributed by atoms with van der Waals surface area (Å²) >= 11 is 0. The third-order valence-electron chi connectivity index (χ3n) is 7.25. The maximum absolute atomic E-state index is 14.3. The maximum atomic E-state index is 14.3. The van der Waals surface area contributed by atoms with E-state index in [-0.39, 0.29) is 30.2 Å². The highest BCUT2D eigenvalue weighted by molar-refractivity contribution is 5.88. The van der Waals surface area contributed by atoms with Gasteiger partial charge in [0.25, 0.3) is 0 Å². The van der Waals surface area contributed by atoms with Gasteiger partial charge in [0.2, 0.25) is 11.8 Å². The van der Waals surface area contributed by atoms with Gasteiger partial charge in [0.15, 0.2) is 0 Å². The van der Waals surface area contributed by atoms with Crippen molar-refractivity contribution in [2.75, 3.05) is 0 Å². The van der Waals surface area contributed by atoms with Crippen LogP contribution in [0, 0.1) is 0 Å². The Labute approximate surface area is 232 Å². The number of hydrogen-bond acceptors (Lipinski definition) is 2. The summed E-state index contributed by atoms with van der Waals surface area (Å²) in [5.41, 5.74) is 4.19. The van der Waals surface area contributed by atoms with Crippen molar-refractivity contribution in [2.45, 2.75) is 57.7 Å². The summed E-state index contributed by atoms with van der Waals surface area (Å²) in [6.07, 6.45) is 1.53. The average Bonchev–Trinajstić information content (AvgIpc) is 2.99. The molecule has 0 aromatic heterocycles. The van der Waals surface area contributed by atoms with Crippen LogP contribution >= 0.6 is 0 Å². The van der Waals surface area contributed by atoms with E-state index in [0.29, 0.717) is 13.0 Å². The van der Waals surface area contributed by atoms with Gasteiger partial charge in [0.05, 0.1) is 0 Å². The molecule has 4 aromatic carbocycles. The Morgan fingerprint density at radius 2 is 1.15 bits per heavy atom. The van der Waals surface area contributed by atoms with E-state index < -0.39 is 6.04 Å². The Hall–Kier alpha value is -4.18. The van der Waals surface area contributed by atoms with Crippen molar-refractivity contribution in [1.29, 1.82) is 0 Å². The number of hydrogen-bond donors (Lipinski definition) is 1. The van der Waals surface area contributed by atoms with Crippen molar-refractivity contribution < 1.29 is 9.59 Å². The summed E-state index contributed by atoms with van der Waals surface area (Å²) in [5.74, 6) is -0.279. The third-order valence-corrected chi connectivity index (χ3v) is 7.25. The van der Waals surface area contributed by atoms with Crippen molar-refractivity contribution in [3.05, 3.63) is 144 Å². The van der Waals surface area contributed by atoms with Crippen LogP contribution in [0.3, 0.4) is 0 Å². The van der Waals surface area contributed by atoms with Gasteiger partial charge in [-0.1, -0.05) is 128 Å². The zero-order valence-electron chi connectivity index (χ0n) is 22.9. The lowest BCUT2D eigenvalue weighted by molar-refractivity contribution is -0.141. The SMILES string of the molecule is CC[C@H](C)NC(=O)[C@H](Cc1ccccc1)N(Cc1ccccc1)C(=O)CC(c1ccccc1)c1ccccc1. The first-order valence-electron chi connectivity index (χ1n) is 13.8. The smallest absolute Gasteiger partial charge is 0.243 e. The Kier molecular flexibility index (Phi) is 10.1. The van der Waals surface area contributed by atoms with E-state index in [1.807, 2.05) is 111 Å². The summed E-state index contributed by atoms with van der Waals surface area (Å²) < 4.78 is 0. The lowest BCUT2D eigenvalue weighted by Crippen LogP contribution is -2.52. The number of nitrogens with one attached hydrogen (secondary N) is 1. The second kappa shape index (κ2) is 14.1. The first-order valence-corrected chi connectivity index (χ1v) is 13.8. The normalized spacial score (nSPS) is 12.5. The van der Waals surface area contributed by atoms with Crippen molar-refractivity contribution in [3.8, 4) is 0 Å². The van der Waals surface area contributed by atoms with Crippen LogP contribution in [-0.2, 0) is 22.6 Å². The Morgan fingerprint density at radius 1 is 0.692 bits per heavy atom. The quantitative estimate of drug-likeness (QED) is 0.225. The van der Waals surface area contributed by atoms with Crippen molar-refractivity contribution in [3.63, 3.8) is 0 Å². The second-order valence-electron chi connectivity index (χ2n) is 10.1. The Morgan fingerprint density at radius 3 is 1.64 bits per heavy atom. The van der Waals surface area contributed by atoms with Crippen molar-refractivity contribution in [1.82, 2.24) is 10.2 Å². The van der Waals surface area contributed by atoms with Crippen LogP contribution < -0.4 is 5.32 Å². The first-order chi connectivity index (χ1) is 19.0. The van der Waals surface area contributed by atoms with Gasteiger partial charge in [-0.2, -0.15) is 0 Å². The minimum Gasteiger partial charge on any atom is -0.352 e. The molecule has 1 N–H and O–H groups in total. The number of carbonyl (C=O) groups is 2. The number of nitrogens with zero attached hydrogens (tertiary/aromatic N) is 1. The predicted molar refractivity (Wildman–Crippen MR) is 158 cm³/mol. The van der Waals surface area contributed by atoms with Crippen LogP contribution in [0.1, 0.15) is 54.9 Å². The molecule has 0 fully saturated rings. The van der Waals surface area contributed by atoms with Gasteiger partial charge in [0, 0.05) is 31.3 Å². The van der Waals surface area contributed by atoms with Gasteiger partial charge >= 0.3 is 0 Å². The molecule has 0 radical (unpaired) electrons. The molecular formula is C35H38N2O2. The average molecular weight is 519 g/mol. The molecule has 4 rings (SSSR count). The molecule has 39 heavy (non-hydrogen) atoms. The van der Waals surface area contributed by atoms with Gasteiger partial charge in [0.1, 0.15) is 6.04 Å². The van der Waals surface area contributed by atoms with Gasteiger partial charge in [-0.05, 0) is 35.6 Å². The summed E-state index contributed by atoms with van der Waals surface area (Å²) in [4.78, 5) is 29.9. The summed E-state index contributed by atoms with van der Waals surface area (Å²) in [7, 11) is 0. The summed E-state index contributed by atoms with van der Waals surface area (Å²) in [5, 5.41) is 3.15. The topological polar surface area (TPSA) is 49.4 Å². The van der Waals surface area contributed by atoms with Crippen LogP contribution in [0.15, 0.2) is 121 Å². The second-order valence-corrected chi connectivity index (χ2v) is 10.1. The lowest BCUT2D eigenvalue weighted by Gasteiger charge is -2.33. The van der Waals surface area contributed by atoms with E-state index in [2.05, 4.69) is 29.6 Å². The standard InChI is InChI=1S/C35H38N2O2/c1-3-27(2)36-35(39)33(24-28-16-8-4-9-17-28)37(26-29-18-10-5-11-19-29)34(38)25-32(30-20-12-6-13-21-30)31-22-14-7-15-23-31/h4-23,27,32-33H,3,24-26H2,1-2H3,(H,36,39)/t27-,33-/m0/s1. The first kappa shape index (κ1) is 27.8. The fourth-order valence-electron chi connectivity index (χ4n) is 4.87. The van der Waals surface area contributed by atoms with Gasteiger partial charge in [-0.3, -0.25) is 9.59 Å². The summed E-state index contributed by atoms with van der Waals surface area (Å²) in [6.45, 7) is 4.41. The largest absolute Gasteiger partial charge is 0.352 e. The Bertz CT molecular complexity index is 1250. The van der Waals surface area contributed by atoms with E-state index in [9.17, 15) is 9.59 Å². The van der Waals surface area contributed by atoms with E-state index in [4.69, 9.17) is 0 Å². The van der Waals surface area contributed by atoms with Gasteiger partial charge in [-0.15, -0.1) is 0 Å². The van der Waals surface area contributed by atoms with E-state index in [0.717, 1.165) is 28.7 Å². The minimum absolute atomic E-state index is 0.0193. The molecule has 0 spiro atoms. The molecule has 2 atom stereocenters. The van der Waals surface area contributed by atoms with Crippen LogP contribution in [0.4, 0.5) is 0 Å². The fourth-order valence-corrected chi connectivity index (χ4v) is 4.87. The molecule has 0 saturated heterocycles. The minimum atomic E-state index is -0.638. The molecule has 0 saturated carbocycles. The Balaban J connectivity index is 1.72. The third kappa shape index (κ3) is 7.90. The van der Waals surface area contributed by atoms with E-state index in [1.54, 1.807) is 4.90 Å². The van der Waals surface area contributed by atoms with Crippen LogP contribution in [0.2, 0.25) is 0 Å². The van der Waals surface area contributed by atoms with Crippen LogP contribution in [0.5, 0.6) is 0 Å². The molecule has 0 aliphatic heterocycles. The number of rotatable bonds is 12. The molecule has 0 unspecified atom stereocenters. The van der Waals surface area contributed by atoms with Crippen LogP contribution in [-0.4, -0.2) is 28.8 Å². The molecule has 2 amide bonds.